The zero-order chi connectivity index (χ0) is 14.9. The van der Waals surface area contributed by atoms with Gasteiger partial charge >= 0.3 is 5.97 Å². The number of hydrogen-bond donors (Lipinski definition) is 2. The Morgan fingerprint density at radius 2 is 2.00 bits per heavy atom. The number of fused-ring (bicyclic) bond motifs is 1. The number of carbonyl (C=O) groups is 1. The van der Waals surface area contributed by atoms with Gasteiger partial charge in [-0.3, -0.25) is 9.69 Å². The van der Waals surface area contributed by atoms with Crippen LogP contribution >= 0.6 is 0 Å². The van der Waals surface area contributed by atoms with E-state index in [0.29, 0.717) is 18.5 Å². The number of likely N-dealkylation sites (tertiary alicyclic amines) is 1. The second-order valence-corrected chi connectivity index (χ2v) is 7.35. The maximum atomic E-state index is 12.1. The fraction of sp³-hybridized carbons (Fsp3) is 0.941. The number of nitrogens with one attached hydrogen (secondary N) is 1. The van der Waals surface area contributed by atoms with Crippen molar-refractivity contribution in [1.29, 1.82) is 0 Å². The molecule has 0 bridgehead atoms. The van der Waals surface area contributed by atoms with Crippen LogP contribution < -0.4 is 5.32 Å². The number of carboxylic acids is 1. The topological polar surface area (TPSA) is 52.6 Å². The summed E-state index contributed by atoms with van der Waals surface area (Å²) in [7, 11) is 0. The summed E-state index contributed by atoms with van der Waals surface area (Å²) in [5, 5.41) is 13.4. The summed E-state index contributed by atoms with van der Waals surface area (Å²) in [5.74, 6) is 0.539. The second kappa shape index (κ2) is 6.25. The minimum absolute atomic E-state index is 0.336. The molecule has 0 radical (unpaired) electrons. The first kappa shape index (κ1) is 15.3. The molecule has 1 aliphatic heterocycles. The van der Waals surface area contributed by atoms with Gasteiger partial charge in [0.1, 0.15) is 5.54 Å². The van der Waals surface area contributed by atoms with Gasteiger partial charge in [0.05, 0.1) is 0 Å². The van der Waals surface area contributed by atoms with E-state index in [0.717, 1.165) is 38.3 Å². The molecule has 3 aliphatic rings. The number of nitrogens with zero attached hydrogens (tertiary/aromatic N) is 1. The van der Waals surface area contributed by atoms with Crippen LogP contribution in [0.3, 0.4) is 0 Å². The Hall–Kier alpha value is -0.610. The molecule has 120 valence electrons. The highest BCUT2D eigenvalue weighted by Crippen LogP contribution is 2.43. The van der Waals surface area contributed by atoms with Crippen LogP contribution in [-0.4, -0.2) is 47.2 Å². The number of hydrogen-bond acceptors (Lipinski definition) is 3. The van der Waals surface area contributed by atoms with Crippen molar-refractivity contribution in [3.8, 4) is 0 Å². The van der Waals surface area contributed by atoms with E-state index in [1.54, 1.807) is 0 Å². The Bertz CT molecular complexity index is 383. The fourth-order valence-corrected chi connectivity index (χ4v) is 4.65. The third-order valence-corrected chi connectivity index (χ3v) is 5.91. The molecule has 0 aromatic heterocycles. The molecule has 1 saturated heterocycles. The molecule has 0 aromatic rings. The van der Waals surface area contributed by atoms with E-state index >= 15 is 0 Å². The van der Waals surface area contributed by atoms with Crippen LogP contribution in [0.2, 0.25) is 0 Å². The van der Waals surface area contributed by atoms with Gasteiger partial charge in [0, 0.05) is 12.6 Å². The first-order valence-electron chi connectivity index (χ1n) is 8.90. The van der Waals surface area contributed by atoms with E-state index < -0.39 is 11.5 Å². The molecule has 2 aliphatic carbocycles. The molecule has 3 fully saturated rings. The van der Waals surface area contributed by atoms with Gasteiger partial charge < -0.3 is 10.4 Å². The zero-order valence-electron chi connectivity index (χ0n) is 13.3. The minimum Gasteiger partial charge on any atom is -0.480 e. The van der Waals surface area contributed by atoms with Crippen molar-refractivity contribution in [1.82, 2.24) is 10.2 Å². The average molecular weight is 294 g/mol. The second-order valence-electron chi connectivity index (χ2n) is 7.35. The highest BCUT2D eigenvalue weighted by Gasteiger charge is 2.53. The first-order valence-corrected chi connectivity index (χ1v) is 8.90. The molecule has 0 amide bonds. The van der Waals surface area contributed by atoms with E-state index in [1.807, 2.05) is 0 Å². The molecule has 4 nitrogen and oxygen atoms in total. The lowest BCUT2D eigenvalue weighted by Gasteiger charge is -2.43. The van der Waals surface area contributed by atoms with Gasteiger partial charge in [-0.05, 0) is 69.9 Å². The normalized spacial score (nSPS) is 32.6. The smallest absolute Gasteiger partial charge is 0.325 e. The largest absolute Gasteiger partial charge is 0.480 e. The monoisotopic (exact) mass is 294 g/mol. The van der Waals surface area contributed by atoms with Crippen LogP contribution in [0.25, 0.3) is 0 Å². The highest BCUT2D eigenvalue weighted by atomic mass is 16.4. The van der Waals surface area contributed by atoms with Crippen LogP contribution in [0.4, 0.5) is 0 Å². The predicted octanol–water partition coefficient (Wildman–Crippen LogP) is 2.48. The van der Waals surface area contributed by atoms with Crippen molar-refractivity contribution >= 4 is 5.97 Å². The summed E-state index contributed by atoms with van der Waals surface area (Å²) in [5.41, 5.74) is -0.694. The Balaban J connectivity index is 1.75. The van der Waals surface area contributed by atoms with E-state index in [2.05, 4.69) is 17.1 Å². The first-order chi connectivity index (χ1) is 10.2. The van der Waals surface area contributed by atoms with Gasteiger partial charge in [0.15, 0.2) is 0 Å². The quantitative estimate of drug-likeness (QED) is 0.757. The zero-order valence-corrected chi connectivity index (χ0v) is 13.3. The maximum Gasteiger partial charge on any atom is 0.325 e. The Labute approximate surface area is 128 Å². The van der Waals surface area contributed by atoms with Gasteiger partial charge in [-0.2, -0.15) is 0 Å². The Kier molecular flexibility index (Phi) is 4.55. The van der Waals surface area contributed by atoms with Crippen molar-refractivity contribution in [2.45, 2.75) is 69.9 Å². The van der Waals surface area contributed by atoms with Crippen molar-refractivity contribution in [2.75, 3.05) is 19.6 Å². The van der Waals surface area contributed by atoms with E-state index in [-0.39, 0.29) is 0 Å². The fourth-order valence-electron chi connectivity index (χ4n) is 4.65. The molecule has 3 rings (SSSR count). The molecule has 3 atom stereocenters. The molecule has 2 saturated carbocycles. The SMILES string of the molecule is CCCNC(CN1CCCC2CCCC21)(C(=O)O)C1CC1. The number of carboxylic acid groups (broad SMARTS) is 1. The molecular formula is C17H30N2O2. The number of piperidine rings is 1. The molecular weight excluding hydrogens is 264 g/mol. The van der Waals surface area contributed by atoms with Crippen LogP contribution in [0, 0.1) is 11.8 Å². The standard InChI is InChI=1S/C17H30N2O2/c1-2-10-18-17(16(20)21,14-8-9-14)12-19-11-4-6-13-5-3-7-15(13)19/h13-15,18H,2-12H2,1H3,(H,20,21). The van der Waals surface area contributed by atoms with Gasteiger partial charge in [-0.1, -0.05) is 13.3 Å². The third-order valence-electron chi connectivity index (χ3n) is 5.91. The lowest BCUT2D eigenvalue weighted by Crippen LogP contribution is -2.63. The Morgan fingerprint density at radius 3 is 2.67 bits per heavy atom. The molecule has 21 heavy (non-hydrogen) atoms. The van der Waals surface area contributed by atoms with Gasteiger partial charge in [-0.25, -0.2) is 0 Å². The number of aliphatic carboxylic acids is 1. The van der Waals surface area contributed by atoms with E-state index in [4.69, 9.17) is 0 Å². The van der Waals surface area contributed by atoms with Crippen molar-refractivity contribution in [2.24, 2.45) is 11.8 Å². The Morgan fingerprint density at radius 1 is 1.24 bits per heavy atom. The van der Waals surface area contributed by atoms with E-state index in [1.165, 1.54) is 32.1 Å². The van der Waals surface area contributed by atoms with Crippen LogP contribution in [-0.2, 0) is 4.79 Å². The summed E-state index contributed by atoms with van der Waals surface area (Å²) in [6.07, 6.45) is 9.70. The van der Waals surface area contributed by atoms with Crippen LogP contribution in [0.5, 0.6) is 0 Å². The average Bonchev–Trinajstić information content (AvgIpc) is 3.21. The lowest BCUT2D eigenvalue weighted by atomic mass is 9.87. The van der Waals surface area contributed by atoms with Gasteiger partial charge in [-0.15, -0.1) is 0 Å². The molecule has 3 unspecified atom stereocenters. The summed E-state index contributed by atoms with van der Waals surface area (Å²) >= 11 is 0. The van der Waals surface area contributed by atoms with Crippen LogP contribution in [0.1, 0.15) is 58.3 Å². The summed E-state index contributed by atoms with van der Waals surface area (Å²) in [4.78, 5) is 14.6. The molecule has 4 heteroatoms. The van der Waals surface area contributed by atoms with Gasteiger partial charge in [0.25, 0.3) is 0 Å². The highest BCUT2D eigenvalue weighted by molar-refractivity contribution is 5.80. The predicted molar refractivity (Wildman–Crippen MR) is 83.3 cm³/mol. The third kappa shape index (κ3) is 2.98. The lowest BCUT2D eigenvalue weighted by molar-refractivity contribution is -0.147. The minimum atomic E-state index is -0.694. The summed E-state index contributed by atoms with van der Waals surface area (Å²) < 4.78 is 0. The van der Waals surface area contributed by atoms with Crippen molar-refractivity contribution < 1.29 is 9.90 Å². The summed E-state index contributed by atoms with van der Waals surface area (Å²) in [6, 6.07) is 0.652. The van der Waals surface area contributed by atoms with E-state index in [9.17, 15) is 9.90 Å². The maximum absolute atomic E-state index is 12.1. The summed E-state index contributed by atoms with van der Waals surface area (Å²) in [6.45, 7) is 4.73. The molecule has 1 heterocycles. The molecule has 2 N–H and O–H groups in total. The van der Waals surface area contributed by atoms with Crippen LogP contribution in [0.15, 0.2) is 0 Å². The number of rotatable bonds is 7. The molecule has 0 spiro atoms. The van der Waals surface area contributed by atoms with Gasteiger partial charge in [0.2, 0.25) is 0 Å². The van der Waals surface area contributed by atoms with Crippen molar-refractivity contribution in [3.05, 3.63) is 0 Å². The van der Waals surface area contributed by atoms with Crippen molar-refractivity contribution in [3.63, 3.8) is 0 Å². The molecule has 0 aromatic carbocycles.